The molecule has 0 atom stereocenters. The van der Waals surface area contributed by atoms with Crippen LogP contribution in [-0.4, -0.2) is 6.61 Å². The van der Waals surface area contributed by atoms with E-state index in [-0.39, 0.29) is 0 Å². The molecule has 0 radical (unpaired) electrons. The van der Waals surface area contributed by atoms with Crippen molar-refractivity contribution in [3.05, 3.63) is 28.1 Å². The van der Waals surface area contributed by atoms with Gasteiger partial charge >= 0.3 is 0 Å². The van der Waals surface area contributed by atoms with Crippen molar-refractivity contribution in [1.82, 2.24) is 0 Å². The molecule has 0 aliphatic heterocycles. The molecule has 0 unspecified atom stereocenters. The molecule has 2 nitrogen and oxygen atoms in total. The minimum atomic E-state index is 0.703. The van der Waals surface area contributed by atoms with Crippen LogP contribution >= 0.6 is 0 Å². The van der Waals surface area contributed by atoms with Crippen LogP contribution in [0.4, 0.5) is 0 Å². The summed E-state index contributed by atoms with van der Waals surface area (Å²) in [6.45, 7) is 13.4. The first-order valence-corrected chi connectivity index (χ1v) is 5.13. The van der Waals surface area contributed by atoms with E-state index in [9.17, 15) is 0 Å². The van der Waals surface area contributed by atoms with Gasteiger partial charge in [0.1, 0.15) is 0 Å². The van der Waals surface area contributed by atoms with Gasteiger partial charge in [-0.15, -0.1) is 0 Å². The number of rotatable bonds is 2. The predicted octanol–water partition coefficient (Wildman–Crippen LogP) is 1.96. The van der Waals surface area contributed by atoms with E-state index < -0.39 is 0 Å². The van der Waals surface area contributed by atoms with Crippen LogP contribution in [0.25, 0.3) is 0 Å². The Hall–Kier alpha value is -1.05. The summed E-state index contributed by atoms with van der Waals surface area (Å²) in [6.07, 6.45) is 0. The molecule has 0 N–H and O–H groups in total. The van der Waals surface area contributed by atoms with Gasteiger partial charge in [0.2, 0.25) is 11.4 Å². The van der Waals surface area contributed by atoms with Crippen LogP contribution in [0.2, 0.25) is 0 Å². The van der Waals surface area contributed by atoms with Crippen LogP contribution in [0, 0.1) is 34.6 Å². The van der Waals surface area contributed by atoms with Crippen molar-refractivity contribution in [2.75, 3.05) is 6.61 Å². The van der Waals surface area contributed by atoms with E-state index in [2.05, 4.69) is 34.6 Å². The molecule has 0 saturated carbocycles. The number of nitrogens with zero attached hydrogens (tertiary/aromatic N) is 1. The van der Waals surface area contributed by atoms with Crippen molar-refractivity contribution in [2.24, 2.45) is 0 Å². The number of hydrogen-bond donors (Lipinski definition) is 0. The van der Waals surface area contributed by atoms with Gasteiger partial charge < -0.3 is 0 Å². The number of hydrogen-bond acceptors (Lipinski definition) is 1. The van der Waals surface area contributed by atoms with Crippen LogP contribution in [0.3, 0.4) is 0 Å². The fourth-order valence-electron chi connectivity index (χ4n) is 1.70. The third kappa shape index (κ3) is 1.61. The number of pyridine rings is 1. The van der Waals surface area contributed by atoms with Crippen molar-refractivity contribution in [2.45, 2.75) is 41.5 Å². The summed E-state index contributed by atoms with van der Waals surface area (Å²) in [7, 11) is 0. The van der Waals surface area contributed by atoms with Crippen molar-refractivity contribution >= 4 is 0 Å². The molecule has 1 aromatic heterocycles. The van der Waals surface area contributed by atoms with Crippen molar-refractivity contribution in [3.63, 3.8) is 0 Å². The molecule has 0 fully saturated rings. The Labute approximate surface area is 86.5 Å². The molecule has 1 heterocycles. The van der Waals surface area contributed by atoms with E-state index in [0.29, 0.717) is 6.61 Å². The minimum absolute atomic E-state index is 0.703. The highest BCUT2D eigenvalue weighted by Gasteiger charge is 2.20. The third-order valence-corrected chi connectivity index (χ3v) is 3.08. The molecule has 1 rings (SSSR count). The largest absolute Gasteiger partial charge is 0.271 e. The molecule has 78 valence electrons. The summed E-state index contributed by atoms with van der Waals surface area (Å²) in [6, 6.07) is 0. The Morgan fingerprint density at radius 2 is 1.29 bits per heavy atom. The molecule has 14 heavy (non-hydrogen) atoms. The van der Waals surface area contributed by atoms with Gasteiger partial charge in [0.25, 0.3) is 0 Å². The highest BCUT2D eigenvalue weighted by atomic mass is 16.7. The van der Waals surface area contributed by atoms with E-state index in [1.807, 2.05) is 11.7 Å². The molecular weight excluding hydrogens is 174 g/mol. The molecule has 0 bridgehead atoms. The normalized spacial score (nSPS) is 10.4. The summed E-state index contributed by atoms with van der Waals surface area (Å²) in [4.78, 5) is 5.60. The number of aromatic nitrogens is 1. The average Bonchev–Trinajstić information content (AvgIpc) is 2.19. The van der Waals surface area contributed by atoms with Crippen LogP contribution in [0.5, 0.6) is 0 Å². The van der Waals surface area contributed by atoms with Gasteiger partial charge in [-0.05, 0) is 33.3 Å². The zero-order chi connectivity index (χ0) is 10.9. The summed E-state index contributed by atoms with van der Waals surface area (Å²) >= 11 is 0. The smallest absolute Gasteiger partial charge is 0.234 e. The Bertz CT molecular complexity index is 327. The lowest BCUT2D eigenvalue weighted by molar-refractivity contribution is -0.899. The quantitative estimate of drug-likeness (QED) is 0.656. The van der Waals surface area contributed by atoms with Crippen molar-refractivity contribution in [3.8, 4) is 0 Å². The fraction of sp³-hybridized carbons (Fsp3) is 0.583. The van der Waals surface area contributed by atoms with Crippen molar-refractivity contribution in [1.29, 1.82) is 0 Å². The summed E-state index contributed by atoms with van der Waals surface area (Å²) in [5.74, 6) is 0. The van der Waals surface area contributed by atoms with Gasteiger partial charge in [0, 0.05) is 29.7 Å². The lowest BCUT2D eigenvalue weighted by atomic mass is 10.0. The standard InChI is InChI=1S/C12H20NO/c1-7-14-13-11(5)9(3)8(2)10(4)12(13)6/h7H2,1-6H3/q+1. The van der Waals surface area contributed by atoms with Crippen LogP contribution in [0.1, 0.15) is 35.0 Å². The van der Waals surface area contributed by atoms with Gasteiger partial charge in [-0.3, -0.25) is 4.84 Å². The van der Waals surface area contributed by atoms with E-state index in [0.717, 1.165) is 0 Å². The maximum Gasteiger partial charge on any atom is 0.234 e. The minimum Gasteiger partial charge on any atom is -0.271 e. The van der Waals surface area contributed by atoms with Gasteiger partial charge in [0.15, 0.2) is 6.61 Å². The molecule has 2 heteroatoms. The highest BCUT2D eigenvalue weighted by molar-refractivity contribution is 5.33. The monoisotopic (exact) mass is 194 g/mol. The second kappa shape index (κ2) is 3.99. The molecule has 0 spiro atoms. The topological polar surface area (TPSA) is 13.1 Å². The van der Waals surface area contributed by atoms with Crippen LogP contribution in [0.15, 0.2) is 0 Å². The molecular formula is C12H20NO+. The third-order valence-electron chi connectivity index (χ3n) is 3.08. The Kier molecular flexibility index (Phi) is 3.14. The molecule has 0 aliphatic rings. The van der Waals surface area contributed by atoms with Gasteiger partial charge in [-0.1, -0.05) is 0 Å². The maximum atomic E-state index is 5.60. The zero-order valence-corrected chi connectivity index (χ0v) is 10.1. The van der Waals surface area contributed by atoms with E-state index in [1.54, 1.807) is 0 Å². The van der Waals surface area contributed by atoms with Crippen LogP contribution < -0.4 is 9.57 Å². The summed E-state index contributed by atoms with van der Waals surface area (Å²) < 4.78 is 1.94. The lowest BCUT2D eigenvalue weighted by Crippen LogP contribution is -2.49. The maximum absolute atomic E-state index is 5.60. The van der Waals surface area contributed by atoms with E-state index in [4.69, 9.17) is 4.84 Å². The summed E-state index contributed by atoms with van der Waals surface area (Å²) in [5.41, 5.74) is 6.42. The predicted molar refractivity (Wildman–Crippen MR) is 57.4 cm³/mol. The highest BCUT2D eigenvalue weighted by Crippen LogP contribution is 2.15. The molecule has 0 aromatic carbocycles. The lowest BCUT2D eigenvalue weighted by Gasteiger charge is -2.09. The first kappa shape index (κ1) is 11.0. The Balaban J connectivity index is 3.43. The molecule has 0 amide bonds. The summed E-state index contributed by atoms with van der Waals surface area (Å²) in [5, 5.41) is 0. The van der Waals surface area contributed by atoms with Gasteiger partial charge in [0.05, 0.1) is 0 Å². The first-order chi connectivity index (χ1) is 6.50. The second-order valence-electron chi connectivity index (χ2n) is 3.76. The first-order valence-electron chi connectivity index (χ1n) is 5.13. The molecule has 1 aromatic rings. The van der Waals surface area contributed by atoms with E-state index >= 15 is 0 Å². The van der Waals surface area contributed by atoms with Gasteiger partial charge in [-0.25, -0.2) is 0 Å². The average molecular weight is 194 g/mol. The second-order valence-corrected chi connectivity index (χ2v) is 3.76. The molecule has 0 aliphatic carbocycles. The Morgan fingerprint density at radius 1 is 0.857 bits per heavy atom. The van der Waals surface area contributed by atoms with Gasteiger partial charge in [-0.2, -0.15) is 0 Å². The molecule has 0 saturated heterocycles. The fourth-order valence-corrected chi connectivity index (χ4v) is 1.70. The zero-order valence-electron chi connectivity index (χ0n) is 10.1. The van der Waals surface area contributed by atoms with E-state index in [1.165, 1.54) is 28.1 Å². The van der Waals surface area contributed by atoms with Crippen molar-refractivity contribution < 1.29 is 9.57 Å². The van der Waals surface area contributed by atoms with Crippen LogP contribution in [-0.2, 0) is 0 Å². The SMILES string of the molecule is CCO[n+]1c(C)c(C)c(C)c(C)c1C. The Morgan fingerprint density at radius 3 is 1.64 bits per heavy atom.